The number of halogens is 3. The van der Waals surface area contributed by atoms with E-state index in [1.807, 2.05) is 6.92 Å². The second-order valence-corrected chi connectivity index (χ2v) is 8.70. The molecule has 1 aromatic rings. The van der Waals surface area contributed by atoms with Gasteiger partial charge in [0.05, 0.1) is 0 Å². The summed E-state index contributed by atoms with van der Waals surface area (Å²) in [6.07, 6.45) is 4.82. The monoisotopic (exact) mass is 515 g/mol. The minimum absolute atomic E-state index is 0. The van der Waals surface area contributed by atoms with Gasteiger partial charge in [-0.05, 0) is 43.4 Å². The third-order valence-electron chi connectivity index (χ3n) is 4.55. The average Bonchev–Trinajstić information content (AvgIpc) is 2.62. The molecule has 1 aliphatic rings. The molecule has 8 heteroatoms. The van der Waals surface area contributed by atoms with Crippen molar-refractivity contribution in [2.45, 2.75) is 50.3 Å². The average molecular weight is 516 g/mol. The molecule has 1 fully saturated rings. The highest BCUT2D eigenvalue weighted by molar-refractivity contribution is 14.0. The van der Waals surface area contributed by atoms with Crippen LogP contribution in [-0.4, -0.2) is 40.8 Å². The first-order valence-corrected chi connectivity index (χ1v) is 10.6. The first kappa shape index (κ1) is 23.6. The van der Waals surface area contributed by atoms with Gasteiger partial charge in [-0.2, -0.15) is 0 Å². The van der Waals surface area contributed by atoms with Gasteiger partial charge in [0.2, 0.25) is 0 Å². The van der Waals surface area contributed by atoms with Crippen molar-refractivity contribution in [2.75, 3.05) is 19.3 Å². The van der Waals surface area contributed by atoms with E-state index >= 15 is 0 Å². The van der Waals surface area contributed by atoms with Crippen molar-refractivity contribution >= 4 is 52.3 Å². The van der Waals surface area contributed by atoms with Gasteiger partial charge in [0.25, 0.3) is 0 Å². The number of nitrogens with one attached hydrogen (secondary N) is 2. The molecule has 1 aliphatic carbocycles. The van der Waals surface area contributed by atoms with Gasteiger partial charge in [-0.15, -0.1) is 24.0 Å². The van der Waals surface area contributed by atoms with Crippen molar-refractivity contribution < 1.29 is 8.60 Å². The van der Waals surface area contributed by atoms with Crippen LogP contribution in [0, 0.1) is 5.82 Å². The number of guanidine groups is 1. The minimum Gasteiger partial charge on any atom is -0.356 e. The van der Waals surface area contributed by atoms with Gasteiger partial charge in [-0.3, -0.25) is 9.20 Å². The van der Waals surface area contributed by atoms with E-state index in [0.717, 1.165) is 43.0 Å². The zero-order valence-electron chi connectivity index (χ0n) is 15.3. The van der Waals surface area contributed by atoms with E-state index in [0.29, 0.717) is 24.0 Å². The van der Waals surface area contributed by atoms with Crippen LogP contribution in [0.25, 0.3) is 0 Å². The van der Waals surface area contributed by atoms with E-state index < -0.39 is 10.8 Å². The Hall–Kier alpha value is -0.410. The Morgan fingerprint density at radius 2 is 2.19 bits per heavy atom. The van der Waals surface area contributed by atoms with E-state index in [1.165, 1.54) is 12.1 Å². The van der Waals surface area contributed by atoms with Gasteiger partial charge in [-0.1, -0.05) is 31.0 Å². The van der Waals surface area contributed by atoms with Crippen LogP contribution >= 0.6 is 35.6 Å². The molecule has 0 amide bonds. The smallest absolute Gasteiger partial charge is 0.191 e. The van der Waals surface area contributed by atoms with Crippen molar-refractivity contribution in [3.05, 3.63) is 34.6 Å². The van der Waals surface area contributed by atoms with Gasteiger partial charge < -0.3 is 10.6 Å². The third kappa shape index (κ3) is 7.31. The van der Waals surface area contributed by atoms with Gasteiger partial charge in [0.15, 0.2) is 5.96 Å². The summed E-state index contributed by atoms with van der Waals surface area (Å²) in [5.41, 5.74) is 0.905. The first-order chi connectivity index (χ1) is 12.0. The van der Waals surface area contributed by atoms with Crippen LogP contribution in [0.4, 0.5) is 4.39 Å². The maximum atomic E-state index is 13.1. The zero-order valence-corrected chi connectivity index (χ0v) is 19.2. The molecule has 0 aliphatic heterocycles. The van der Waals surface area contributed by atoms with Crippen molar-refractivity contribution in [3.8, 4) is 0 Å². The van der Waals surface area contributed by atoms with Crippen LogP contribution in [-0.2, 0) is 17.2 Å². The molecule has 4 nitrogen and oxygen atoms in total. The van der Waals surface area contributed by atoms with E-state index in [4.69, 9.17) is 11.6 Å². The first-order valence-electron chi connectivity index (χ1n) is 8.81. The summed E-state index contributed by atoms with van der Waals surface area (Å²) in [5, 5.41) is 7.44. The molecule has 2 N–H and O–H groups in total. The second-order valence-electron chi connectivity index (χ2n) is 6.28. The normalized spacial score (nSPS) is 21.6. The Balaban J connectivity index is 0.00000338. The molecule has 3 atom stereocenters. The Morgan fingerprint density at radius 3 is 2.85 bits per heavy atom. The Bertz CT molecular complexity index is 632. The number of hydrogen-bond donors (Lipinski definition) is 2. The van der Waals surface area contributed by atoms with E-state index in [2.05, 4.69) is 15.6 Å². The summed E-state index contributed by atoms with van der Waals surface area (Å²) in [4.78, 5) is 4.27. The van der Waals surface area contributed by atoms with E-state index in [9.17, 15) is 8.60 Å². The van der Waals surface area contributed by atoms with E-state index in [-0.39, 0.29) is 35.0 Å². The highest BCUT2D eigenvalue weighted by atomic mass is 127. The van der Waals surface area contributed by atoms with Gasteiger partial charge >= 0.3 is 0 Å². The third-order valence-corrected chi connectivity index (χ3v) is 6.64. The fourth-order valence-electron chi connectivity index (χ4n) is 3.18. The number of aliphatic imine (C=N–C) groups is 1. The molecule has 2 rings (SSSR count). The Labute approximate surface area is 180 Å². The lowest BCUT2D eigenvalue weighted by atomic mass is 9.95. The Morgan fingerprint density at radius 1 is 1.42 bits per heavy atom. The molecule has 0 saturated heterocycles. The SMILES string of the molecule is CCS(=O)C1CCCC(NC(=NC)NCCc2ccc(F)cc2Cl)C1.I. The summed E-state index contributed by atoms with van der Waals surface area (Å²) in [6, 6.07) is 4.76. The quantitative estimate of drug-likeness (QED) is 0.343. The highest BCUT2D eigenvalue weighted by Gasteiger charge is 2.25. The lowest BCUT2D eigenvalue weighted by molar-refractivity contribution is 0.413. The van der Waals surface area contributed by atoms with Crippen LogP contribution in [0.5, 0.6) is 0 Å². The number of rotatable bonds is 6. The molecule has 0 radical (unpaired) electrons. The topological polar surface area (TPSA) is 53.5 Å². The van der Waals surface area contributed by atoms with Crippen molar-refractivity contribution in [3.63, 3.8) is 0 Å². The molecule has 0 aromatic heterocycles. The van der Waals surface area contributed by atoms with Crippen molar-refractivity contribution in [1.29, 1.82) is 0 Å². The highest BCUT2D eigenvalue weighted by Crippen LogP contribution is 2.23. The molecular formula is C18H28ClFIN3OS. The molecule has 0 spiro atoms. The molecule has 0 heterocycles. The van der Waals surface area contributed by atoms with Crippen LogP contribution < -0.4 is 10.6 Å². The molecule has 1 aromatic carbocycles. The predicted molar refractivity (Wildman–Crippen MR) is 120 cm³/mol. The van der Waals surface area contributed by atoms with Crippen LogP contribution in [0.15, 0.2) is 23.2 Å². The summed E-state index contributed by atoms with van der Waals surface area (Å²) in [5.74, 6) is 1.14. The lowest BCUT2D eigenvalue weighted by Gasteiger charge is -2.30. The van der Waals surface area contributed by atoms with Gasteiger partial charge in [0, 0.05) is 46.5 Å². The van der Waals surface area contributed by atoms with Crippen molar-refractivity contribution in [1.82, 2.24) is 10.6 Å². The van der Waals surface area contributed by atoms with Crippen LogP contribution in [0.3, 0.4) is 0 Å². The van der Waals surface area contributed by atoms with E-state index in [1.54, 1.807) is 13.1 Å². The molecular weight excluding hydrogens is 488 g/mol. The largest absolute Gasteiger partial charge is 0.356 e. The standard InChI is InChI=1S/C18H27ClFN3OS.HI/c1-3-25(24)16-6-4-5-15(12-16)23-18(21-2)22-10-9-13-7-8-14(20)11-17(13)19;/h7-8,11,15-16H,3-6,9-10,12H2,1-2H3,(H2,21,22,23);1H. The van der Waals surface area contributed by atoms with Gasteiger partial charge in [0.1, 0.15) is 5.82 Å². The summed E-state index contributed by atoms with van der Waals surface area (Å²) >= 11 is 6.05. The zero-order chi connectivity index (χ0) is 18.2. The van der Waals surface area contributed by atoms with Crippen LogP contribution in [0.1, 0.15) is 38.2 Å². The van der Waals surface area contributed by atoms with Crippen LogP contribution in [0.2, 0.25) is 5.02 Å². The Kier molecular flexibility index (Phi) is 11.0. The minimum atomic E-state index is -0.731. The summed E-state index contributed by atoms with van der Waals surface area (Å²) in [7, 11) is 1.01. The molecule has 0 bridgehead atoms. The maximum Gasteiger partial charge on any atom is 0.191 e. The molecule has 148 valence electrons. The maximum absolute atomic E-state index is 13.1. The van der Waals surface area contributed by atoms with Gasteiger partial charge in [-0.25, -0.2) is 4.39 Å². The molecule has 3 unspecified atom stereocenters. The fourth-order valence-corrected chi connectivity index (χ4v) is 4.79. The van der Waals surface area contributed by atoms with Crippen molar-refractivity contribution in [2.24, 2.45) is 4.99 Å². The molecule has 26 heavy (non-hydrogen) atoms. The fraction of sp³-hybridized carbons (Fsp3) is 0.611. The second kappa shape index (κ2) is 12.1. The molecule has 1 saturated carbocycles. The summed E-state index contributed by atoms with van der Waals surface area (Å²) in [6.45, 7) is 2.64. The number of nitrogens with zero attached hydrogens (tertiary/aromatic N) is 1. The lowest BCUT2D eigenvalue weighted by Crippen LogP contribution is -2.47. The predicted octanol–water partition coefficient (Wildman–Crippen LogP) is 3.88. The summed E-state index contributed by atoms with van der Waals surface area (Å²) < 4.78 is 25.1. The number of benzene rings is 1. The number of hydrogen-bond acceptors (Lipinski definition) is 2.